The van der Waals surface area contributed by atoms with Gasteiger partial charge < -0.3 is 5.73 Å². The van der Waals surface area contributed by atoms with E-state index in [1.807, 2.05) is 0 Å². The zero-order chi connectivity index (χ0) is 12.1. The Hall–Kier alpha value is -2.31. The van der Waals surface area contributed by atoms with Crippen molar-refractivity contribution < 1.29 is 18.4 Å². The molecule has 0 radical (unpaired) electrons. The number of hydrogen-bond acceptors (Lipinski definition) is 3. The molecule has 1 rings (SSSR count). The van der Waals surface area contributed by atoms with Gasteiger partial charge in [-0.25, -0.2) is 14.2 Å². The summed E-state index contributed by atoms with van der Waals surface area (Å²) >= 11 is 0. The summed E-state index contributed by atoms with van der Waals surface area (Å²) in [5, 5.41) is 3.27. The number of hydrogen-bond donors (Lipinski definition) is 2. The van der Waals surface area contributed by atoms with E-state index in [9.17, 15) is 18.4 Å². The Bertz CT molecular complexity index is 460. The maximum Gasteiger partial charge on any atom is 0.329 e. The third-order valence-corrected chi connectivity index (χ3v) is 1.56. The second-order valence-corrected chi connectivity index (χ2v) is 2.73. The lowest BCUT2D eigenvalue weighted by atomic mass is 10.2. The van der Waals surface area contributed by atoms with Gasteiger partial charge in [0.15, 0.2) is 0 Å². The first-order chi connectivity index (χ1) is 7.50. The van der Waals surface area contributed by atoms with Crippen LogP contribution in [-0.2, 0) is 9.59 Å². The van der Waals surface area contributed by atoms with Gasteiger partial charge in [-0.3, -0.25) is 9.59 Å². The average molecular weight is 227 g/mol. The Morgan fingerprint density at radius 1 is 1.38 bits per heavy atom. The third kappa shape index (κ3) is 3.12. The fourth-order valence-corrected chi connectivity index (χ4v) is 0.822. The molecule has 0 saturated heterocycles. The quantitative estimate of drug-likeness (QED) is 0.420. The standard InChI is InChI=1S/C9H7F2N3O2/c10-6-2-1-5(7(11)3-6)4-13-14-9(16)8(12)15/h1-4H,(H2,12,15)(H,14,16)/b13-4-. The van der Waals surface area contributed by atoms with Crippen molar-refractivity contribution in [1.82, 2.24) is 5.43 Å². The molecule has 0 heterocycles. The van der Waals surface area contributed by atoms with Gasteiger partial charge in [0.2, 0.25) is 0 Å². The highest BCUT2D eigenvalue weighted by atomic mass is 19.1. The molecule has 0 aliphatic heterocycles. The van der Waals surface area contributed by atoms with Crippen LogP contribution in [0, 0.1) is 11.6 Å². The first-order valence-electron chi connectivity index (χ1n) is 4.08. The molecule has 84 valence electrons. The van der Waals surface area contributed by atoms with E-state index in [-0.39, 0.29) is 5.56 Å². The van der Waals surface area contributed by atoms with Crippen LogP contribution in [0.4, 0.5) is 8.78 Å². The number of halogens is 2. The van der Waals surface area contributed by atoms with E-state index in [1.54, 1.807) is 5.43 Å². The Morgan fingerprint density at radius 3 is 2.62 bits per heavy atom. The number of primary amides is 1. The third-order valence-electron chi connectivity index (χ3n) is 1.56. The zero-order valence-corrected chi connectivity index (χ0v) is 7.91. The van der Waals surface area contributed by atoms with Crippen LogP contribution in [0.3, 0.4) is 0 Å². The largest absolute Gasteiger partial charge is 0.361 e. The highest BCUT2D eigenvalue weighted by Gasteiger charge is 2.06. The summed E-state index contributed by atoms with van der Waals surface area (Å²) < 4.78 is 25.5. The predicted octanol–water partition coefficient (Wildman–Crippen LogP) is -0.0998. The molecular formula is C9H7F2N3O2. The van der Waals surface area contributed by atoms with Gasteiger partial charge in [-0.15, -0.1) is 0 Å². The summed E-state index contributed by atoms with van der Waals surface area (Å²) in [4.78, 5) is 20.9. The van der Waals surface area contributed by atoms with Crippen molar-refractivity contribution in [1.29, 1.82) is 0 Å². The van der Waals surface area contributed by atoms with Gasteiger partial charge in [-0.05, 0) is 12.1 Å². The molecule has 0 unspecified atom stereocenters. The maximum absolute atomic E-state index is 13.0. The van der Waals surface area contributed by atoms with E-state index < -0.39 is 23.4 Å². The Labute approximate surface area is 88.9 Å². The van der Waals surface area contributed by atoms with Gasteiger partial charge >= 0.3 is 11.8 Å². The minimum atomic E-state index is -1.21. The first-order valence-corrected chi connectivity index (χ1v) is 4.08. The van der Waals surface area contributed by atoms with Crippen LogP contribution in [0.2, 0.25) is 0 Å². The number of amides is 2. The second kappa shape index (κ2) is 4.96. The molecule has 0 fully saturated rings. The van der Waals surface area contributed by atoms with E-state index in [2.05, 4.69) is 10.8 Å². The number of carbonyl (C=O) groups excluding carboxylic acids is 2. The van der Waals surface area contributed by atoms with Gasteiger partial charge in [0, 0.05) is 11.6 Å². The molecule has 5 nitrogen and oxygen atoms in total. The smallest absolute Gasteiger partial charge is 0.329 e. The maximum atomic E-state index is 13.0. The fourth-order valence-electron chi connectivity index (χ4n) is 0.822. The zero-order valence-electron chi connectivity index (χ0n) is 7.91. The SMILES string of the molecule is NC(=O)C(=O)N/N=C\c1ccc(F)cc1F. The molecule has 0 aromatic heterocycles. The Morgan fingerprint density at radius 2 is 2.06 bits per heavy atom. The van der Waals surface area contributed by atoms with Gasteiger partial charge in [0.25, 0.3) is 0 Å². The monoisotopic (exact) mass is 227 g/mol. The van der Waals surface area contributed by atoms with Crippen LogP contribution in [0.5, 0.6) is 0 Å². The summed E-state index contributed by atoms with van der Waals surface area (Å²) in [6, 6.07) is 2.82. The van der Waals surface area contributed by atoms with Crippen molar-refractivity contribution in [3.05, 3.63) is 35.4 Å². The van der Waals surface area contributed by atoms with Crippen molar-refractivity contribution in [2.24, 2.45) is 10.8 Å². The van der Waals surface area contributed by atoms with E-state index in [4.69, 9.17) is 0 Å². The number of hydrazone groups is 1. The summed E-state index contributed by atoms with van der Waals surface area (Å²) in [7, 11) is 0. The average Bonchev–Trinajstić information content (AvgIpc) is 2.20. The van der Waals surface area contributed by atoms with E-state index in [0.29, 0.717) is 6.07 Å². The summed E-state index contributed by atoms with van der Waals surface area (Å²) in [5.74, 6) is -3.90. The van der Waals surface area contributed by atoms with Crippen molar-refractivity contribution in [3.63, 3.8) is 0 Å². The lowest BCUT2D eigenvalue weighted by Gasteiger charge is -1.96. The fraction of sp³-hybridized carbons (Fsp3) is 0. The highest BCUT2D eigenvalue weighted by Crippen LogP contribution is 2.06. The second-order valence-electron chi connectivity index (χ2n) is 2.73. The lowest BCUT2D eigenvalue weighted by molar-refractivity contribution is -0.137. The van der Waals surface area contributed by atoms with Crippen LogP contribution in [0.25, 0.3) is 0 Å². The van der Waals surface area contributed by atoms with Crippen molar-refractivity contribution >= 4 is 18.0 Å². The molecule has 1 aromatic rings. The van der Waals surface area contributed by atoms with E-state index >= 15 is 0 Å². The molecular weight excluding hydrogens is 220 g/mol. The van der Waals surface area contributed by atoms with Crippen molar-refractivity contribution in [2.45, 2.75) is 0 Å². The van der Waals surface area contributed by atoms with E-state index in [1.165, 1.54) is 0 Å². The predicted molar refractivity (Wildman–Crippen MR) is 51.3 cm³/mol. The summed E-state index contributed by atoms with van der Waals surface area (Å²) in [5.41, 5.74) is 6.35. The normalized spacial score (nSPS) is 10.4. The molecule has 3 N–H and O–H groups in total. The van der Waals surface area contributed by atoms with Gasteiger partial charge in [-0.1, -0.05) is 0 Å². The van der Waals surface area contributed by atoms with E-state index in [0.717, 1.165) is 18.3 Å². The topological polar surface area (TPSA) is 84.5 Å². The number of carbonyl (C=O) groups is 2. The minimum absolute atomic E-state index is 0.0360. The molecule has 1 aromatic carbocycles. The molecule has 16 heavy (non-hydrogen) atoms. The highest BCUT2D eigenvalue weighted by molar-refractivity contribution is 6.34. The number of nitrogens with zero attached hydrogens (tertiary/aromatic N) is 1. The number of nitrogens with one attached hydrogen (secondary N) is 1. The summed E-state index contributed by atoms with van der Waals surface area (Å²) in [6.45, 7) is 0. The van der Waals surface area contributed by atoms with Gasteiger partial charge in [0.1, 0.15) is 11.6 Å². The number of rotatable bonds is 2. The Balaban J connectivity index is 2.70. The molecule has 0 saturated carbocycles. The van der Waals surface area contributed by atoms with Crippen molar-refractivity contribution in [3.8, 4) is 0 Å². The van der Waals surface area contributed by atoms with Crippen molar-refractivity contribution in [2.75, 3.05) is 0 Å². The van der Waals surface area contributed by atoms with Crippen LogP contribution in [-0.4, -0.2) is 18.0 Å². The number of benzene rings is 1. The minimum Gasteiger partial charge on any atom is -0.361 e. The van der Waals surface area contributed by atoms with Crippen LogP contribution in [0.1, 0.15) is 5.56 Å². The number of nitrogens with two attached hydrogens (primary N) is 1. The Kier molecular flexibility index (Phi) is 3.65. The van der Waals surface area contributed by atoms with Crippen LogP contribution >= 0.6 is 0 Å². The molecule has 7 heteroatoms. The van der Waals surface area contributed by atoms with Crippen LogP contribution < -0.4 is 11.2 Å². The summed E-state index contributed by atoms with van der Waals surface area (Å²) in [6.07, 6.45) is 0.926. The molecule has 0 atom stereocenters. The molecule has 2 amide bonds. The first kappa shape index (κ1) is 11.8. The van der Waals surface area contributed by atoms with Gasteiger partial charge in [-0.2, -0.15) is 5.10 Å². The van der Waals surface area contributed by atoms with Gasteiger partial charge in [0.05, 0.1) is 6.21 Å². The molecule has 0 aliphatic rings. The van der Waals surface area contributed by atoms with Crippen LogP contribution in [0.15, 0.2) is 23.3 Å². The molecule has 0 spiro atoms. The lowest BCUT2D eigenvalue weighted by Crippen LogP contribution is -2.32. The molecule has 0 aliphatic carbocycles. The molecule has 0 bridgehead atoms.